The first-order chi connectivity index (χ1) is 10.3. The van der Waals surface area contributed by atoms with Gasteiger partial charge in [0, 0.05) is 12.4 Å². The number of benzene rings is 1. The zero-order valence-electron chi connectivity index (χ0n) is 11.1. The van der Waals surface area contributed by atoms with Crippen molar-refractivity contribution >= 4 is 17.6 Å². The summed E-state index contributed by atoms with van der Waals surface area (Å²) in [4.78, 5) is 11.1. The van der Waals surface area contributed by atoms with Crippen LogP contribution in [0, 0.1) is 0 Å². The van der Waals surface area contributed by atoms with E-state index in [1.807, 2.05) is 0 Å². The minimum absolute atomic E-state index is 0.0460. The molecule has 2 aromatic rings. The van der Waals surface area contributed by atoms with Crippen molar-refractivity contribution in [3.05, 3.63) is 42.5 Å². The highest BCUT2D eigenvalue weighted by molar-refractivity contribution is 5.94. The molecular formula is C12H12F3N7. The van der Waals surface area contributed by atoms with Crippen LogP contribution in [-0.2, 0) is 6.18 Å². The molecule has 2 rings (SSSR count). The van der Waals surface area contributed by atoms with Crippen molar-refractivity contribution in [3.63, 3.8) is 0 Å². The molecule has 0 atom stereocenters. The van der Waals surface area contributed by atoms with E-state index in [1.165, 1.54) is 23.2 Å². The summed E-state index contributed by atoms with van der Waals surface area (Å²) in [5.41, 5.74) is 15.2. The molecule has 0 amide bonds. The van der Waals surface area contributed by atoms with Crippen molar-refractivity contribution in [1.82, 2.24) is 9.55 Å². The highest BCUT2D eigenvalue weighted by atomic mass is 19.4. The lowest BCUT2D eigenvalue weighted by Gasteiger charge is -2.11. The Morgan fingerprint density at radius 3 is 2.45 bits per heavy atom. The number of guanidine groups is 2. The van der Waals surface area contributed by atoms with Crippen LogP contribution >= 0.6 is 0 Å². The summed E-state index contributed by atoms with van der Waals surface area (Å²) in [5, 5.41) is 0. The molecule has 1 aromatic heterocycles. The van der Waals surface area contributed by atoms with E-state index in [2.05, 4.69) is 15.0 Å². The van der Waals surface area contributed by atoms with Gasteiger partial charge in [-0.2, -0.15) is 18.2 Å². The van der Waals surface area contributed by atoms with Gasteiger partial charge in [-0.3, -0.25) is 0 Å². The van der Waals surface area contributed by atoms with Crippen molar-refractivity contribution in [3.8, 4) is 5.69 Å². The molecule has 0 fully saturated rings. The lowest BCUT2D eigenvalue weighted by molar-refractivity contribution is -0.137. The monoisotopic (exact) mass is 311 g/mol. The first kappa shape index (κ1) is 15.4. The Bertz CT molecular complexity index is 713. The van der Waals surface area contributed by atoms with Crippen molar-refractivity contribution in [2.75, 3.05) is 0 Å². The Hall–Kier alpha value is -3.04. The van der Waals surface area contributed by atoms with E-state index in [9.17, 15) is 13.2 Å². The fourth-order valence-corrected chi connectivity index (χ4v) is 1.69. The maximum absolute atomic E-state index is 12.8. The zero-order chi connectivity index (χ0) is 16.3. The minimum Gasteiger partial charge on any atom is -0.370 e. The van der Waals surface area contributed by atoms with Gasteiger partial charge in [0.05, 0.1) is 23.3 Å². The molecule has 0 spiro atoms. The van der Waals surface area contributed by atoms with Gasteiger partial charge in [-0.1, -0.05) is 0 Å². The number of aromatic nitrogens is 2. The van der Waals surface area contributed by atoms with Crippen LogP contribution in [0.4, 0.5) is 18.9 Å². The standard InChI is InChI=1S/C12H12F3N7/c13-12(14,15)7-1-2-9(22-4-3-19-6-22)8(5-7)20-11(18)21-10(16)17/h1-6H,(H6,16,17,18,20,21). The number of nitrogens with zero attached hydrogens (tertiary/aromatic N) is 4. The Morgan fingerprint density at radius 2 is 1.91 bits per heavy atom. The van der Waals surface area contributed by atoms with Gasteiger partial charge in [0.15, 0.2) is 5.96 Å². The van der Waals surface area contributed by atoms with Crippen LogP contribution in [0.15, 0.2) is 46.9 Å². The maximum Gasteiger partial charge on any atom is 0.416 e. The van der Waals surface area contributed by atoms with Gasteiger partial charge in [-0.15, -0.1) is 0 Å². The summed E-state index contributed by atoms with van der Waals surface area (Å²) in [6, 6.07) is 3.04. The number of halogens is 3. The van der Waals surface area contributed by atoms with Crippen molar-refractivity contribution in [2.45, 2.75) is 6.18 Å². The molecule has 0 radical (unpaired) electrons. The molecule has 10 heteroatoms. The Balaban J connectivity index is 2.58. The number of aliphatic imine (C=N–C) groups is 2. The molecule has 0 bridgehead atoms. The third-order valence-electron chi connectivity index (χ3n) is 2.56. The molecule has 0 aliphatic heterocycles. The van der Waals surface area contributed by atoms with E-state index in [4.69, 9.17) is 17.2 Å². The fraction of sp³-hybridized carbons (Fsp3) is 0.0833. The van der Waals surface area contributed by atoms with Crippen LogP contribution in [0.5, 0.6) is 0 Å². The summed E-state index contributed by atoms with van der Waals surface area (Å²) in [6.07, 6.45) is -0.0655. The summed E-state index contributed by atoms with van der Waals surface area (Å²) < 4.78 is 40.0. The van der Waals surface area contributed by atoms with Gasteiger partial charge in [0.2, 0.25) is 5.96 Å². The molecule has 0 saturated heterocycles. The Morgan fingerprint density at radius 1 is 1.18 bits per heavy atom. The first-order valence-electron chi connectivity index (χ1n) is 5.91. The average Bonchev–Trinajstić information content (AvgIpc) is 2.90. The van der Waals surface area contributed by atoms with E-state index in [-0.39, 0.29) is 17.6 Å². The number of nitrogens with two attached hydrogens (primary N) is 3. The molecule has 6 N–H and O–H groups in total. The Kier molecular flexibility index (Phi) is 4.02. The molecule has 0 aliphatic rings. The first-order valence-corrected chi connectivity index (χ1v) is 5.91. The maximum atomic E-state index is 12.8. The molecule has 1 heterocycles. The van der Waals surface area contributed by atoms with Gasteiger partial charge in [-0.25, -0.2) is 9.98 Å². The molecule has 116 valence electrons. The van der Waals surface area contributed by atoms with E-state index in [1.54, 1.807) is 6.20 Å². The number of hydrogen-bond acceptors (Lipinski definition) is 2. The average molecular weight is 311 g/mol. The predicted octanol–water partition coefficient (Wildman–Crippen LogP) is 1.11. The second-order valence-electron chi connectivity index (χ2n) is 4.18. The van der Waals surface area contributed by atoms with Crippen molar-refractivity contribution < 1.29 is 13.2 Å². The van der Waals surface area contributed by atoms with Crippen molar-refractivity contribution in [1.29, 1.82) is 0 Å². The van der Waals surface area contributed by atoms with Crippen LogP contribution in [0.25, 0.3) is 5.69 Å². The smallest absolute Gasteiger partial charge is 0.370 e. The molecule has 7 nitrogen and oxygen atoms in total. The van der Waals surface area contributed by atoms with Gasteiger partial charge < -0.3 is 21.8 Å². The van der Waals surface area contributed by atoms with Gasteiger partial charge in [0.25, 0.3) is 0 Å². The summed E-state index contributed by atoms with van der Waals surface area (Å²) in [7, 11) is 0. The Labute approximate surface area is 123 Å². The second kappa shape index (κ2) is 5.76. The highest BCUT2D eigenvalue weighted by Gasteiger charge is 2.31. The fourth-order valence-electron chi connectivity index (χ4n) is 1.69. The number of imidazole rings is 1. The van der Waals surface area contributed by atoms with Crippen LogP contribution in [-0.4, -0.2) is 21.5 Å². The van der Waals surface area contributed by atoms with E-state index in [0.717, 1.165) is 12.1 Å². The largest absolute Gasteiger partial charge is 0.416 e. The molecular weight excluding hydrogens is 299 g/mol. The number of rotatable bonds is 2. The molecule has 0 unspecified atom stereocenters. The number of hydrogen-bond donors (Lipinski definition) is 3. The third-order valence-corrected chi connectivity index (χ3v) is 2.56. The summed E-state index contributed by atoms with van der Waals surface area (Å²) in [5.74, 6) is -0.710. The van der Waals surface area contributed by atoms with Crippen LogP contribution in [0.1, 0.15) is 5.56 Å². The lowest BCUT2D eigenvalue weighted by Crippen LogP contribution is -2.26. The number of alkyl halides is 3. The van der Waals surface area contributed by atoms with Gasteiger partial charge in [0.1, 0.15) is 0 Å². The van der Waals surface area contributed by atoms with E-state index < -0.39 is 11.7 Å². The molecule has 0 saturated carbocycles. The van der Waals surface area contributed by atoms with Crippen molar-refractivity contribution in [2.24, 2.45) is 27.2 Å². The molecule has 0 aliphatic carbocycles. The quantitative estimate of drug-likeness (QED) is 0.568. The SMILES string of the molecule is NC(N)=NC(N)=Nc1cc(C(F)(F)F)ccc1-n1ccnc1. The molecule has 1 aromatic carbocycles. The van der Waals surface area contributed by atoms with E-state index >= 15 is 0 Å². The van der Waals surface area contributed by atoms with Gasteiger partial charge >= 0.3 is 6.18 Å². The van der Waals surface area contributed by atoms with Crippen LogP contribution < -0.4 is 17.2 Å². The van der Waals surface area contributed by atoms with Crippen LogP contribution in [0.2, 0.25) is 0 Å². The van der Waals surface area contributed by atoms with Crippen LogP contribution in [0.3, 0.4) is 0 Å². The second-order valence-corrected chi connectivity index (χ2v) is 4.18. The third kappa shape index (κ3) is 3.53. The summed E-state index contributed by atoms with van der Waals surface area (Å²) >= 11 is 0. The topological polar surface area (TPSA) is 121 Å². The predicted molar refractivity (Wildman–Crippen MR) is 75.7 cm³/mol. The zero-order valence-corrected chi connectivity index (χ0v) is 11.1. The summed E-state index contributed by atoms with van der Waals surface area (Å²) in [6.45, 7) is 0. The molecule has 22 heavy (non-hydrogen) atoms. The van der Waals surface area contributed by atoms with Gasteiger partial charge in [-0.05, 0) is 18.2 Å². The normalized spacial score (nSPS) is 12.2. The lowest BCUT2D eigenvalue weighted by atomic mass is 10.1. The minimum atomic E-state index is -4.51. The van der Waals surface area contributed by atoms with E-state index in [0.29, 0.717) is 5.69 Å². The highest BCUT2D eigenvalue weighted by Crippen LogP contribution is 2.34.